The lowest BCUT2D eigenvalue weighted by Crippen LogP contribution is -2.33. The minimum absolute atomic E-state index is 0.0182. The molecule has 1 amide bonds. The number of aromatic nitrogens is 2. The van der Waals surface area contributed by atoms with E-state index in [1.165, 1.54) is 12.8 Å². The van der Waals surface area contributed by atoms with Gasteiger partial charge < -0.3 is 10.2 Å². The molecule has 1 aliphatic rings. The summed E-state index contributed by atoms with van der Waals surface area (Å²) in [6.45, 7) is 3.93. The van der Waals surface area contributed by atoms with E-state index in [9.17, 15) is 4.79 Å². The molecular weight excluding hydrogens is 336 g/mol. The van der Waals surface area contributed by atoms with E-state index in [0.717, 1.165) is 42.1 Å². The van der Waals surface area contributed by atoms with Gasteiger partial charge in [-0.05, 0) is 49.7 Å². The van der Waals surface area contributed by atoms with Crippen molar-refractivity contribution < 1.29 is 4.79 Å². The normalized spacial score (nSPS) is 14.4. The summed E-state index contributed by atoms with van der Waals surface area (Å²) in [6, 6.07) is 19.7. The Morgan fingerprint density at radius 2 is 1.74 bits per heavy atom. The van der Waals surface area contributed by atoms with Gasteiger partial charge >= 0.3 is 0 Å². The first kappa shape index (κ1) is 17.5. The van der Waals surface area contributed by atoms with E-state index in [4.69, 9.17) is 0 Å². The van der Waals surface area contributed by atoms with E-state index < -0.39 is 0 Å². The van der Waals surface area contributed by atoms with Crippen molar-refractivity contribution in [2.24, 2.45) is 0 Å². The van der Waals surface area contributed by atoms with Crippen LogP contribution in [0.15, 0.2) is 60.7 Å². The fraction of sp³-hybridized carbons (Fsp3) is 0.273. The summed E-state index contributed by atoms with van der Waals surface area (Å²) in [7, 11) is 0. The Morgan fingerprint density at radius 3 is 2.48 bits per heavy atom. The van der Waals surface area contributed by atoms with E-state index in [-0.39, 0.29) is 5.91 Å². The lowest BCUT2D eigenvalue weighted by molar-refractivity contribution is 0.0950. The van der Waals surface area contributed by atoms with Gasteiger partial charge in [0.15, 0.2) is 0 Å². The van der Waals surface area contributed by atoms with Crippen molar-refractivity contribution in [1.29, 1.82) is 0 Å². The number of carbonyl (C=O) groups excluding carboxylic acids is 1. The van der Waals surface area contributed by atoms with Gasteiger partial charge in [-0.15, -0.1) is 0 Å². The SMILES string of the molecule is O=C(NCCN1CCCC1)c1ccc(-c2cc(-c3ccccc3)n[nH]2)cc1. The Kier molecular flexibility index (Phi) is 5.30. The molecule has 2 aromatic carbocycles. The van der Waals surface area contributed by atoms with E-state index in [1.807, 2.05) is 60.7 Å². The van der Waals surface area contributed by atoms with Gasteiger partial charge in [0, 0.05) is 24.2 Å². The van der Waals surface area contributed by atoms with Gasteiger partial charge in [-0.25, -0.2) is 0 Å². The Hall–Kier alpha value is -2.92. The van der Waals surface area contributed by atoms with Crippen LogP contribution in [0.1, 0.15) is 23.2 Å². The number of hydrogen-bond acceptors (Lipinski definition) is 3. The van der Waals surface area contributed by atoms with Gasteiger partial charge in [0.1, 0.15) is 0 Å². The summed E-state index contributed by atoms with van der Waals surface area (Å²) in [6.07, 6.45) is 2.55. The Bertz CT molecular complexity index is 880. The molecule has 1 aliphatic heterocycles. The first-order valence-corrected chi connectivity index (χ1v) is 9.51. The summed E-state index contributed by atoms with van der Waals surface area (Å²) >= 11 is 0. The van der Waals surface area contributed by atoms with Crippen molar-refractivity contribution in [2.75, 3.05) is 26.2 Å². The fourth-order valence-corrected chi connectivity index (χ4v) is 3.46. The molecule has 2 heterocycles. The molecule has 0 atom stereocenters. The number of likely N-dealkylation sites (tertiary alicyclic amines) is 1. The second kappa shape index (κ2) is 8.18. The van der Waals surface area contributed by atoms with Crippen molar-refractivity contribution in [3.8, 4) is 22.5 Å². The zero-order chi connectivity index (χ0) is 18.5. The number of nitrogens with one attached hydrogen (secondary N) is 2. The second-order valence-electron chi connectivity index (χ2n) is 6.91. The van der Waals surface area contributed by atoms with Gasteiger partial charge in [0.2, 0.25) is 0 Å². The molecule has 5 heteroatoms. The van der Waals surface area contributed by atoms with Gasteiger partial charge in [0.05, 0.1) is 11.4 Å². The maximum Gasteiger partial charge on any atom is 0.251 e. The molecule has 2 N–H and O–H groups in total. The number of benzene rings is 2. The first-order chi connectivity index (χ1) is 13.3. The maximum atomic E-state index is 12.3. The Morgan fingerprint density at radius 1 is 1.00 bits per heavy atom. The van der Waals surface area contributed by atoms with E-state index in [2.05, 4.69) is 20.4 Å². The number of hydrogen-bond donors (Lipinski definition) is 2. The average molecular weight is 360 g/mol. The molecule has 0 spiro atoms. The highest BCUT2D eigenvalue weighted by atomic mass is 16.1. The number of H-pyrrole nitrogens is 1. The van der Waals surface area contributed by atoms with Crippen LogP contribution >= 0.6 is 0 Å². The quantitative estimate of drug-likeness (QED) is 0.706. The third kappa shape index (κ3) is 4.26. The van der Waals surface area contributed by atoms with Crippen LogP contribution in [0.4, 0.5) is 0 Å². The molecule has 4 rings (SSSR count). The molecule has 0 radical (unpaired) electrons. The van der Waals surface area contributed by atoms with E-state index in [1.54, 1.807) is 0 Å². The number of amides is 1. The predicted molar refractivity (Wildman–Crippen MR) is 107 cm³/mol. The zero-order valence-electron chi connectivity index (χ0n) is 15.3. The molecular formula is C22H24N4O. The summed E-state index contributed by atoms with van der Waals surface area (Å²) in [5.41, 5.74) is 4.62. The van der Waals surface area contributed by atoms with Gasteiger partial charge in [-0.1, -0.05) is 42.5 Å². The molecule has 27 heavy (non-hydrogen) atoms. The third-order valence-corrected chi connectivity index (χ3v) is 5.02. The number of nitrogens with zero attached hydrogens (tertiary/aromatic N) is 2. The topological polar surface area (TPSA) is 61.0 Å². The van der Waals surface area contributed by atoms with Crippen LogP contribution in [0.2, 0.25) is 0 Å². The number of rotatable bonds is 6. The molecule has 1 saturated heterocycles. The standard InChI is InChI=1S/C22H24N4O/c27-22(23-12-15-26-13-4-5-14-26)19-10-8-18(9-11-19)21-16-20(24-25-21)17-6-2-1-3-7-17/h1-3,6-11,16H,4-5,12-15H2,(H,23,27)(H,24,25). The van der Waals surface area contributed by atoms with Gasteiger partial charge in [-0.3, -0.25) is 9.89 Å². The molecule has 138 valence electrons. The molecule has 3 aromatic rings. The second-order valence-corrected chi connectivity index (χ2v) is 6.91. The lowest BCUT2D eigenvalue weighted by atomic mass is 10.1. The fourth-order valence-electron chi connectivity index (χ4n) is 3.46. The van der Waals surface area contributed by atoms with Crippen LogP contribution in [0, 0.1) is 0 Å². The van der Waals surface area contributed by atoms with Crippen LogP contribution in [-0.2, 0) is 0 Å². The smallest absolute Gasteiger partial charge is 0.251 e. The minimum Gasteiger partial charge on any atom is -0.351 e. The van der Waals surface area contributed by atoms with Gasteiger partial charge in [-0.2, -0.15) is 5.10 Å². The van der Waals surface area contributed by atoms with Crippen LogP contribution < -0.4 is 5.32 Å². The molecule has 1 aromatic heterocycles. The minimum atomic E-state index is -0.0182. The Labute approximate surface area is 159 Å². The summed E-state index contributed by atoms with van der Waals surface area (Å²) in [5.74, 6) is -0.0182. The van der Waals surface area contributed by atoms with Crippen molar-refractivity contribution in [2.45, 2.75) is 12.8 Å². The van der Waals surface area contributed by atoms with E-state index >= 15 is 0 Å². The maximum absolute atomic E-state index is 12.3. The summed E-state index contributed by atoms with van der Waals surface area (Å²) in [5, 5.41) is 10.5. The van der Waals surface area contributed by atoms with Crippen LogP contribution in [0.25, 0.3) is 22.5 Å². The molecule has 5 nitrogen and oxygen atoms in total. The van der Waals surface area contributed by atoms with Crippen molar-refractivity contribution in [3.63, 3.8) is 0 Å². The predicted octanol–water partition coefficient (Wildman–Crippen LogP) is 3.57. The first-order valence-electron chi connectivity index (χ1n) is 9.51. The largest absolute Gasteiger partial charge is 0.351 e. The molecule has 0 unspecified atom stereocenters. The van der Waals surface area contributed by atoms with Crippen molar-refractivity contribution in [1.82, 2.24) is 20.4 Å². The lowest BCUT2D eigenvalue weighted by Gasteiger charge is -2.14. The Balaban J connectivity index is 1.37. The monoisotopic (exact) mass is 360 g/mol. The van der Waals surface area contributed by atoms with Crippen molar-refractivity contribution in [3.05, 3.63) is 66.2 Å². The summed E-state index contributed by atoms with van der Waals surface area (Å²) in [4.78, 5) is 14.7. The highest BCUT2D eigenvalue weighted by molar-refractivity contribution is 5.94. The van der Waals surface area contributed by atoms with Gasteiger partial charge in [0.25, 0.3) is 5.91 Å². The molecule has 0 bridgehead atoms. The van der Waals surface area contributed by atoms with Crippen molar-refractivity contribution >= 4 is 5.91 Å². The highest BCUT2D eigenvalue weighted by Gasteiger charge is 2.12. The van der Waals surface area contributed by atoms with Crippen LogP contribution in [0.3, 0.4) is 0 Å². The average Bonchev–Trinajstić information content (AvgIpc) is 3.41. The highest BCUT2D eigenvalue weighted by Crippen LogP contribution is 2.23. The molecule has 0 saturated carbocycles. The number of aromatic amines is 1. The zero-order valence-corrected chi connectivity index (χ0v) is 15.3. The molecule has 0 aliphatic carbocycles. The summed E-state index contributed by atoms with van der Waals surface area (Å²) < 4.78 is 0. The van der Waals surface area contributed by atoms with Crippen LogP contribution in [-0.4, -0.2) is 47.2 Å². The van der Waals surface area contributed by atoms with Crippen LogP contribution in [0.5, 0.6) is 0 Å². The third-order valence-electron chi connectivity index (χ3n) is 5.02. The van der Waals surface area contributed by atoms with E-state index in [0.29, 0.717) is 12.1 Å². The molecule has 1 fully saturated rings. The number of carbonyl (C=O) groups is 1.